The fourth-order valence-electron chi connectivity index (χ4n) is 3.41. The number of carbonyl (C=O) groups is 1. The van der Waals surface area contributed by atoms with Crippen molar-refractivity contribution >= 4 is 17.1 Å². The lowest BCUT2D eigenvalue weighted by Crippen LogP contribution is -2.36. The molecule has 1 fully saturated rings. The maximum Gasteiger partial charge on any atom is 0.270 e. The Morgan fingerprint density at radius 2 is 2.22 bits per heavy atom. The van der Waals surface area contributed by atoms with Gasteiger partial charge in [0.1, 0.15) is 5.65 Å². The fraction of sp³-hybridized carbons (Fsp3) is 0.526. The Morgan fingerprint density at radius 3 is 2.85 bits per heavy atom. The Labute approximate surface area is 156 Å². The van der Waals surface area contributed by atoms with Gasteiger partial charge in [-0.2, -0.15) is 9.61 Å². The van der Waals surface area contributed by atoms with Gasteiger partial charge >= 0.3 is 0 Å². The number of nitrogens with one attached hydrogen (secondary N) is 1. The Balaban J connectivity index is 1.93. The molecule has 27 heavy (non-hydrogen) atoms. The summed E-state index contributed by atoms with van der Waals surface area (Å²) >= 11 is 0. The molecule has 3 heterocycles. The molecule has 1 saturated carbocycles. The molecule has 1 aliphatic heterocycles. The van der Waals surface area contributed by atoms with Crippen molar-refractivity contribution in [2.75, 3.05) is 13.2 Å². The summed E-state index contributed by atoms with van der Waals surface area (Å²) in [6.07, 6.45) is 6.12. The van der Waals surface area contributed by atoms with Gasteiger partial charge in [0.25, 0.3) is 11.5 Å². The Morgan fingerprint density at radius 1 is 1.44 bits per heavy atom. The molecule has 4 rings (SSSR count). The van der Waals surface area contributed by atoms with Crippen LogP contribution in [0.25, 0.3) is 11.2 Å². The summed E-state index contributed by atoms with van der Waals surface area (Å²) in [5.41, 5.74) is 1.61. The molecule has 144 valence electrons. The van der Waals surface area contributed by atoms with Gasteiger partial charge in [0.05, 0.1) is 19.4 Å². The van der Waals surface area contributed by atoms with Crippen LogP contribution in [0.4, 0.5) is 0 Å². The van der Waals surface area contributed by atoms with E-state index in [0.29, 0.717) is 31.8 Å². The highest BCUT2D eigenvalue weighted by molar-refractivity contribution is 5.97. The third-order valence-electron chi connectivity index (χ3n) is 4.88. The quantitative estimate of drug-likeness (QED) is 0.830. The van der Waals surface area contributed by atoms with Crippen molar-refractivity contribution < 1.29 is 14.6 Å². The molecule has 1 aliphatic carbocycles. The van der Waals surface area contributed by atoms with Gasteiger partial charge in [0.2, 0.25) is 5.88 Å². The lowest BCUT2D eigenvalue weighted by Gasteiger charge is -2.17. The summed E-state index contributed by atoms with van der Waals surface area (Å²) in [6.45, 7) is 5.54. The predicted octanol–water partition coefficient (Wildman–Crippen LogP) is 1.55. The zero-order valence-electron chi connectivity index (χ0n) is 15.6. The molecule has 0 unspecified atom stereocenters. The van der Waals surface area contributed by atoms with E-state index >= 15 is 0 Å². The maximum absolute atomic E-state index is 13.2. The molecule has 2 aliphatic rings. The maximum atomic E-state index is 13.2. The van der Waals surface area contributed by atoms with E-state index in [1.54, 1.807) is 10.8 Å². The molecular weight excluding hydrogens is 348 g/mol. The monoisotopic (exact) mass is 372 g/mol. The molecule has 0 atom stereocenters. The molecule has 1 amide bonds. The average molecular weight is 372 g/mol. The molecular formula is C19H24N4O4. The van der Waals surface area contributed by atoms with Crippen LogP contribution in [-0.2, 0) is 11.3 Å². The number of nitrogens with zero attached hydrogens (tertiary/aromatic N) is 3. The molecule has 8 heteroatoms. The largest absolute Gasteiger partial charge is 0.492 e. The van der Waals surface area contributed by atoms with E-state index in [9.17, 15) is 14.7 Å². The van der Waals surface area contributed by atoms with Crippen LogP contribution in [-0.4, -0.2) is 44.5 Å². The summed E-state index contributed by atoms with van der Waals surface area (Å²) in [5, 5.41) is 17.8. The van der Waals surface area contributed by atoms with Crippen LogP contribution in [0.1, 0.15) is 49.0 Å². The van der Waals surface area contributed by atoms with E-state index in [-0.39, 0.29) is 17.5 Å². The van der Waals surface area contributed by atoms with Crippen LogP contribution in [0, 0.1) is 5.92 Å². The number of aromatic hydroxyl groups is 1. The summed E-state index contributed by atoms with van der Waals surface area (Å²) in [4.78, 5) is 25.7. The average Bonchev–Trinajstić information content (AvgIpc) is 3.33. The SMILES string of the molecule is CC(C)Cn1c(=O)c(C(=O)NC2CC2)c(O)n2ncc(C3=CCOCC3)c12. The van der Waals surface area contributed by atoms with Crippen LogP contribution >= 0.6 is 0 Å². The molecule has 2 aromatic rings. The first-order valence-corrected chi connectivity index (χ1v) is 9.39. The molecule has 0 spiro atoms. The van der Waals surface area contributed by atoms with Gasteiger partial charge < -0.3 is 15.2 Å². The van der Waals surface area contributed by atoms with Gasteiger partial charge in [0, 0.05) is 18.2 Å². The minimum absolute atomic E-state index is 0.0890. The molecule has 0 saturated heterocycles. The molecule has 2 N–H and O–H groups in total. The Bertz CT molecular complexity index is 982. The van der Waals surface area contributed by atoms with Crippen LogP contribution in [0.3, 0.4) is 0 Å². The van der Waals surface area contributed by atoms with Crippen molar-refractivity contribution in [3.8, 4) is 5.88 Å². The van der Waals surface area contributed by atoms with Gasteiger partial charge in [-0.3, -0.25) is 14.2 Å². The number of fused-ring (bicyclic) bond motifs is 1. The lowest BCUT2D eigenvalue weighted by molar-refractivity contribution is 0.0944. The standard InChI is InChI=1S/C19H24N4O4/c1-11(2)10-22-17-14(12-5-7-27-8-6-12)9-20-23(17)19(26)15(18(22)25)16(24)21-13-3-4-13/h5,9,11,13,26H,3-4,6-8,10H2,1-2H3,(H,21,24). The smallest absolute Gasteiger partial charge is 0.270 e. The third kappa shape index (κ3) is 3.25. The Kier molecular flexibility index (Phi) is 4.51. The fourth-order valence-corrected chi connectivity index (χ4v) is 3.41. The first-order valence-electron chi connectivity index (χ1n) is 9.39. The number of aromatic nitrogens is 3. The summed E-state index contributed by atoms with van der Waals surface area (Å²) in [7, 11) is 0. The second kappa shape index (κ2) is 6.84. The topological polar surface area (TPSA) is 97.9 Å². The van der Waals surface area contributed by atoms with E-state index in [2.05, 4.69) is 10.4 Å². The van der Waals surface area contributed by atoms with Crippen molar-refractivity contribution in [1.29, 1.82) is 0 Å². The van der Waals surface area contributed by atoms with Gasteiger partial charge in [-0.25, -0.2) is 0 Å². The number of hydrogen-bond donors (Lipinski definition) is 2. The summed E-state index contributed by atoms with van der Waals surface area (Å²) < 4.78 is 8.23. The van der Waals surface area contributed by atoms with Crippen molar-refractivity contribution in [3.05, 3.63) is 33.8 Å². The van der Waals surface area contributed by atoms with E-state index in [1.807, 2.05) is 19.9 Å². The molecule has 0 bridgehead atoms. The highest BCUT2D eigenvalue weighted by Crippen LogP contribution is 2.28. The minimum Gasteiger partial charge on any atom is -0.492 e. The number of rotatable bonds is 5. The summed E-state index contributed by atoms with van der Waals surface area (Å²) in [6, 6.07) is 0.0890. The number of carbonyl (C=O) groups excluding carboxylic acids is 1. The van der Waals surface area contributed by atoms with Crippen molar-refractivity contribution in [1.82, 2.24) is 19.5 Å². The zero-order chi connectivity index (χ0) is 19.1. The second-order valence-electron chi connectivity index (χ2n) is 7.60. The lowest BCUT2D eigenvalue weighted by atomic mass is 10.0. The Hall–Kier alpha value is -2.61. The van der Waals surface area contributed by atoms with E-state index in [1.165, 1.54) is 4.52 Å². The van der Waals surface area contributed by atoms with E-state index in [4.69, 9.17) is 4.74 Å². The first kappa shape index (κ1) is 17.8. The van der Waals surface area contributed by atoms with Gasteiger partial charge in [0.15, 0.2) is 5.56 Å². The van der Waals surface area contributed by atoms with Crippen LogP contribution in [0.15, 0.2) is 17.1 Å². The number of hydrogen-bond acceptors (Lipinski definition) is 5. The molecule has 0 radical (unpaired) electrons. The van der Waals surface area contributed by atoms with Gasteiger partial charge in [-0.05, 0) is 30.8 Å². The number of ether oxygens (including phenoxy) is 1. The third-order valence-corrected chi connectivity index (χ3v) is 4.88. The summed E-state index contributed by atoms with van der Waals surface area (Å²) in [5.74, 6) is -0.768. The van der Waals surface area contributed by atoms with Gasteiger partial charge in [-0.1, -0.05) is 19.9 Å². The highest BCUT2D eigenvalue weighted by atomic mass is 16.5. The molecule has 2 aromatic heterocycles. The van der Waals surface area contributed by atoms with E-state index in [0.717, 1.165) is 24.0 Å². The first-order chi connectivity index (χ1) is 13.0. The second-order valence-corrected chi connectivity index (χ2v) is 7.60. The van der Waals surface area contributed by atoms with Crippen molar-refractivity contribution in [2.45, 2.75) is 45.7 Å². The minimum atomic E-state index is -0.540. The zero-order valence-corrected chi connectivity index (χ0v) is 15.6. The van der Waals surface area contributed by atoms with Crippen LogP contribution in [0.5, 0.6) is 5.88 Å². The van der Waals surface area contributed by atoms with E-state index < -0.39 is 17.3 Å². The van der Waals surface area contributed by atoms with Crippen molar-refractivity contribution in [3.63, 3.8) is 0 Å². The van der Waals surface area contributed by atoms with Gasteiger partial charge in [-0.15, -0.1) is 0 Å². The molecule has 0 aromatic carbocycles. The van der Waals surface area contributed by atoms with Crippen LogP contribution < -0.4 is 10.9 Å². The number of amides is 1. The van der Waals surface area contributed by atoms with Crippen LogP contribution in [0.2, 0.25) is 0 Å². The molecule has 8 nitrogen and oxygen atoms in total. The normalized spacial score (nSPS) is 17.4. The highest BCUT2D eigenvalue weighted by Gasteiger charge is 2.30. The van der Waals surface area contributed by atoms with Crippen molar-refractivity contribution in [2.24, 2.45) is 5.92 Å². The predicted molar refractivity (Wildman–Crippen MR) is 99.9 cm³/mol.